The molecule has 3 aromatic carbocycles. The highest BCUT2D eigenvalue weighted by Gasteiger charge is 2.45. The lowest BCUT2D eigenvalue weighted by Crippen LogP contribution is -2.56. The minimum atomic E-state index is -1.42. The third-order valence-corrected chi connectivity index (χ3v) is 10.5. The first-order chi connectivity index (χ1) is 23.5. The molecule has 3 atom stereocenters. The third kappa shape index (κ3) is 9.38. The average Bonchev–Trinajstić information content (AvgIpc) is 3.46. The number of benzene rings is 3. The zero-order chi connectivity index (χ0) is 35.0. The molecular formula is C38H45N3O7Si. The number of H-pyrrole nitrogens is 1. The lowest BCUT2D eigenvalue weighted by molar-refractivity contribution is -0.145. The first-order valence-corrected chi connectivity index (χ1v) is 20.4. The van der Waals surface area contributed by atoms with Gasteiger partial charge in [-0.2, -0.15) is 0 Å². The van der Waals surface area contributed by atoms with Crippen molar-refractivity contribution in [2.45, 2.75) is 76.1 Å². The maximum atomic E-state index is 14.4. The van der Waals surface area contributed by atoms with Crippen LogP contribution in [-0.4, -0.2) is 67.7 Å². The van der Waals surface area contributed by atoms with Gasteiger partial charge in [0.15, 0.2) is 0 Å². The Bertz CT molecular complexity index is 1750. The number of aromatic nitrogens is 1. The number of para-hydroxylation sites is 1. The zero-order valence-electron chi connectivity index (χ0n) is 28.6. The number of carbonyl (C=O) groups is 4. The van der Waals surface area contributed by atoms with Gasteiger partial charge in [0, 0.05) is 37.1 Å². The lowest BCUT2D eigenvalue weighted by atomic mass is 9.89. The van der Waals surface area contributed by atoms with Crippen molar-refractivity contribution in [2.24, 2.45) is 0 Å². The van der Waals surface area contributed by atoms with E-state index in [2.05, 4.69) is 29.9 Å². The highest BCUT2D eigenvalue weighted by molar-refractivity contribution is 6.76. The number of nitrogens with zero attached hydrogens (tertiary/aromatic N) is 1. The molecule has 1 aliphatic rings. The molecule has 11 heteroatoms. The second-order valence-electron chi connectivity index (χ2n) is 13.7. The van der Waals surface area contributed by atoms with E-state index in [1.165, 1.54) is 12.0 Å². The fraction of sp³-hybridized carbons (Fsp3) is 0.368. The number of amides is 2. The van der Waals surface area contributed by atoms with Crippen LogP contribution in [0.4, 0.5) is 4.79 Å². The van der Waals surface area contributed by atoms with Gasteiger partial charge in [0.05, 0.1) is 32.6 Å². The minimum absolute atomic E-state index is 0.0189. The molecule has 5 rings (SSSR count). The summed E-state index contributed by atoms with van der Waals surface area (Å²) in [5.41, 5.74) is 4.03. The number of rotatable bonds is 13. The Hall–Kier alpha value is -4.90. The normalized spacial score (nSPS) is 16.4. The van der Waals surface area contributed by atoms with Gasteiger partial charge >= 0.3 is 18.0 Å². The summed E-state index contributed by atoms with van der Waals surface area (Å²) in [6, 6.07) is 24.8. The van der Waals surface area contributed by atoms with Crippen molar-refractivity contribution in [1.29, 1.82) is 0 Å². The Morgan fingerprint density at radius 1 is 0.878 bits per heavy atom. The highest BCUT2D eigenvalue weighted by atomic mass is 28.3. The molecule has 258 valence electrons. The number of methoxy groups -OCH3 is 1. The molecule has 2 N–H and O–H groups in total. The molecule has 2 amide bonds. The van der Waals surface area contributed by atoms with Gasteiger partial charge in [-0.1, -0.05) is 98.5 Å². The molecule has 0 spiro atoms. The van der Waals surface area contributed by atoms with E-state index in [9.17, 15) is 19.2 Å². The van der Waals surface area contributed by atoms with Crippen LogP contribution >= 0.6 is 0 Å². The summed E-state index contributed by atoms with van der Waals surface area (Å²) in [7, 11) is -0.129. The van der Waals surface area contributed by atoms with Crippen LogP contribution in [0.3, 0.4) is 0 Å². The Morgan fingerprint density at radius 3 is 2.20 bits per heavy atom. The first-order valence-electron chi connectivity index (χ1n) is 16.7. The van der Waals surface area contributed by atoms with E-state index in [1.54, 1.807) is 0 Å². The quantitative estimate of drug-likeness (QED) is 0.0958. The van der Waals surface area contributed by atoms with E-state index < -0.39 is 50.1 Å². The van der Waals surface area contributed by atoms with Gasteiger partial charge in [0.2, 0.25) is 5.91 Å². The van der Waals surface area contributed by atoms with Gasteiger partial charge in [-0.25, -0.2) is 4.79 Å². The van der Waals surface area contributed by atoms with Gasteiger partial charge in [-0.05, 0) is 35.2 Å². The van der Waals surface area contributed by atoms with E-state index in [0.717, 1.165) is 33.6 Å². The van der Waals surface area contributed by atoms with Crippen LogP contribution < -0.4 is 5.32 Å². The number of aromatic amines is 1. The number of carbonyl (C=O) groups excluding carboxylic acids is 4. The van der Waals surface area contributed by atoms with Gasteiger partial charge in [-0.15, -0.1) is 0 Å². The number of esters is 2. The summed E-state index contributed by atoms with van der Waals surface area (Å²) in [4.78, 5) is 59.1. The third-order valence-electron chi connectivity index (χ3n) is 8.75. The molecule has 0 unspecified atom stereocenters. The van der Waals surface area contributed by atoms with Crippen LogP contribution in [0.2, 0.25) is 25.7 Å². The van der Waals surface area contributed by atoms with Crippen LogP contribution in [-0.2, 0) is 48.0 Å². The maximum absolute atomic E-state index is 14.4. The van der Waals surface area contributed by atoms with E-state index >= 15 is 0 Å². The molecule has 0 aliphatic carbocycles. The van der Waals surface area contributed by atoms with Gasteiger partial charge in [0.25, 0.3) is 0 Å². The summed E-state index contributed by atoms with van der Waals surface area (Å²) in [6.07, 6.45) is -0.432. The Labute approximate surface area is 288 Å². The molecule has 0 radical (unpaired) electrons. The second-order valence-corrected chi connectivity index (χ2v) is 19.3. The summed E-state index contributed by atoms with van der Waals surface area (Å²) >= 11 is 0. The molecule has 4 aromatic rings. The summed E-state index contributed by atoms with van der Waals surface area (Å²) in [5.74, 6) is -1.40. The molecule has 0 bridgehead atoms. The molecular weight excluding hydrogens is 639 g/mol. The van der Waals surface area contributed by atoms with E-state index in [-0.39, 0.29) is 25.9 Å². The van der Waals surface area contributed by atoms with Crippen molar-refractivity contribution in [3.8, 4) is 0 Å². The van der Waals surface area contributed by atoms with Gasteiger partial charge in [-0.3, -0.25) is 19.3 Å². The largest absolute Gasteiger partial charge is 0.469 e. The number of nitrogens with one attached hydrogen (secondary N) is 2. The Morgan fingerprint density at radius 2 is 1.53 bits per heavy atom. The summed E-state index contributed by atoms with van der Waals surface area (Å²) in [5, 5.41) is 3.98. The van der Waals surface area contributed by atoms with E-state index in [0.29, 0.717) is 18.7 Å². The molecule has 1 aromatic heterocycles. The smallest absolute Gasteiger partial charge is 0.411 e. The van der Waals surface area contributed by atoms with Crippen molar-refractivity contribution in [2.75, 3.05) is 13.7 Å². The van der Waals surface area contributed by atoms with E-state index in [4.69, 9.17) is 14.2 Å². The fourth-order valence-corrected chi connectivity index (χ4v) is 6.90. The van der Waals surface area contributed by atoms with E-state index in [1.807, 2.05) is 84.9 Å². The molecule has 0 saturated heterocycles. The SMILES string of the molecule is COC(=O)C[C@H]1c2[nH]c3ccccc3c2C[C@@H](C(=O)N[C@@H](CC(=O)OCC[Si](C)(C)C)Cc2ccccc2)N1C(=O)OCc1ccccc1. The summed E-state index contributed by atoms with van der Waals surface area (Å²) < 4.78 is 16.4. The molecule has 49 heavy (non-hydrogen) atoms. The Balaban J connectivity index is 1.47. The number of hydrogen-bond acceptors (Lipinski definition) is 7. The monoisotopic (exact) mass is 683 g/mol. The van der Waals surface area contributed by atoms with Crippen molar-refractivity contribution in [3.63, 3.8) is 0 Å². The molecule has 2 heterocycles. The predicted molar refractivity (Wildman–Crippen MR) is 189 cm³/mol. The number of ether oxygens (including phenoxy) is 3. The van der Waals surface area contributed by atoms with Gasteiger partial charge in [0.1, 0.15) is 12.6 Å². The molecule has 10 nitrogen and oxygen atoms in total. The van der Waals surface area contributed by atoms with Crippen LogP contribution in [0.15, 0.2) is 84.9 Å². The zero-order valence-corrected chi connectivity index (χ0v) is 29.6. The lowest BCUT2D eigenvalue weighted by Gasteiger charge is -2.40. The van der Waals surface area contributed by atoms with Crippen molar-refractivity contribution >= 4 is 42.9 Å². The van der Waals surface area contributed by atoms with Crippen LogP contribution in [0, 0.1) is 0 Å². The Kier molecular flexibility index (Phi) is 11.6. The summed E-state index contributed by atoms with van der Waals surface area (Å²) in [6.45, 7) is 6.96. The maximum Gasteiger partial charge on any atom is 0.411 e. The molecule has 0 saturated carbocycles. The van der Waals surface area contributed by atoms with Gasteiger partial charge < -0.3 is 24.5 Å². The first kappa shape index (κ1) is 35.4. The average molecular weight is 684 g/mol. The molecule has 1 aliphatic heterocycles. The van der Waals surface area contributed by atoms with Crippen molar-refractivity contribution in [1.82, 2.24) is 15.2 Å². The highest BCUT2D eigenvalue weighted by Crippen LogP contribution is 2.40. The molecule has 0 fully saturated rings. The number of fused-ring (bicyclic) bond motifs is 3. The minimum Gasteiger partial charge on any atom is -0.469 e. The topological polar surface area (TPSA) is 127 Å². The van der Waals surface area contributed by atoms with Crippen LogP contribution in [0.25, 0.3) is 10.9 Å². The van der Waals surface area contributed by atoms with Crippen LogP contribution in [0.1, 0.15) is 41.3 Å². The van der Waals surface area contributed by atoms with Crippen molar-refractivity contribution in [3.05, 3.63) is 107 Å². The fourth-order valence-electron chi connectivity index (χ4n) is 6.18. The van der Waals surface area contributed by atoms with Crippen LogP contribution in [0.5, 0.6) is 0 Å². The second kappa shape index (κ2) is 16.0. The predicted octanol–water partition coefficient (Wildman–Crippen LogP) is 6.33. The standard InChI is InChI=1S/C38H45N3O7Si/c1-46-34(42)24-32-36-30(29-17-11-12-18-31(29)40-36)23-33(41(32)38(45)48-25-27-15-9-6-10-16-27)37(44)39-28(21-26-13-7-5-8-14-26)22-35(43)47-19-20-49(2,3)4/h5-18,28,32-33,40H,19-25H2,1-4H3,(H,39,44)/t28-,32+,33+/m1/s1. The number of hydrogen-bond donors (Lipinski definition) is 2. The van der Waals surface area contributed by atoms with Crippen molar-refractivity contribution < 1.29 is 33.4 Å².